The molecule has 0 saturated carbocycles. The Balaban J connectivity index is 2.67. The summed E-state index contributed by atoms with van der Waals surface area (Å²) < 4.78 is 0. The van der Waals surface area contributed by atoms with Gasteiger partial charge in [-0.15, -0.1) is 0 Å². The Labute approximate surface area is 115 Å². The van der Waals surface area contributed by atoms with E-state index in [-0.39, 0.29) is 23.0 Å². The van der Waals surface area contributed by atoms with Crippen molar-refractivity contribution in [2.45, 2.75) is 41.0 Å². The van der Waals surface area contributed by atoms with E-state index in [0.717, 1.165) is 5.69 Å². The van der Waals surface area contributed by atoms with E-state index < -0.39 is 0 Å². The third-order valence-electron chi connectivity index (χ3n) is 2.67. The number of hydrogen-bond acceptors (Lipinski definition) is 2. The number of carbonyl (C=O) groups excluding carboxylic acids is 2. The lowest BCUT2D eigenvalue weighted by atomic mass is 9.92. The van der Waals surface area contributed by atoms with E-state index >= 15 is 0 Å². The van der Waals surface area contributed by atoms with Crippen LogP contribution in [0.25, 0.3) is 0 Å². The summed E-state index contributed by atoms with van der Waals surface area (Å²) in [6.45, 7) is 9.83. The first kappa shape index (κ1) is 15.4. The Morgan fingerprint density at radius 2 is 1.63 bits per heavy atom. The molecule has 0 radical (unpaired) electrons. The third-order valence-corrected chi connectivity index (χ3v) is 2.67. The number of amides is 1. The highest BCUT2D eigenvalue weighted by molar-refractivity contribution is 5.98. The smallest absolute Gasteiger partial charge is 0.224 e. The van der Waals surface area contributed by atoms with Gasteiger partial charge in [-0.1, -0.05) is 34.6 Å². The van der Waals surface area contributed by atoms with Crippen molar-refractivity contribution in [2.75, 3.05) is 5.32 Å². The van der Waals surface area contributed by atoms with Crippen LogP contribution in [0.5, 0.6) is 0 Å². The van der Waals surface area contributed by atoms with Crippen LogP contribution in [-0.4, -0.2) is 11.7 Å². The van der Waals surface area contributed by atoms with Gasteiger partial charge < -0.3 is 5.32 Å². The number of benzene rings is 1. The second-order valence-corrected chi connectivity index (χ2v) is 6.38. The zero-order valence-corrected chi connectivity index (χ0v) is 12.4. The van der Waals surface area contributed by atoms with Gasteiger partial charge in [0.1, 0.15) is 0 Å². The molecule has 1 rings (SSSR count). The van der Waals surface area contributed by atoms with E-state index in [0.29, 0.717) is 12.0 Å². The first-order valence-corrected chi connectivity index (χ1v) is 6.63. The molecule has 3 heteroatoms. The highest BCUT2D eigenvalue weighted by Gasteiger charge is 2.16. The molecule has 0 bridgehead atoms. The fraction of sp³-hybridized carbons (Fsp3) is 0.500. The summed E-state index contributed by atoms with van der Waals surface area (Å²) in [4.78, 5) is 23.6. The fourth-order valence-corrected chi connectivity index (χ4v) is 1.74. The standard InChI is InChI=1S/C16H23NO2/c1-11(2)15(19)12-6-8-13(9-7-12)17-14(18)10-16(3,4)5/h6-9,11H,10H2,1-5H3,(H,17,18). The molecule has 0 fully saturated rings. The number of nitrogens with one attached hydrogen (secondary N) is 1. The molecule has 0 aliphatic heterocycles. The maximum absolute atomic E-state index is 11.8. The Bertz CT molecular complexity index is 453. The molecule has 1 aromatic rings. The first-order valence-electron chi connectivity index (χ1n) is 6.63. The van der Waals surface area contributed by atoms with Gasteiger partial charge in [-0.3, -0.25) is 9.59 Å². The van der Waals surface area contributed by atoms with E-state index in [1.807, 2.05) is 34.6 Å². The quantitative estimate of drug-likeness (QED) is 0.835. The predicted octanol–water partition coefficient (Wildman–Crippen LogP) is 3.90. The topological polar surface area (TPSA) is 46.2 Å². The van der Waals surface area contributed by atoms with E-state index in [9.17, 15) is 9.59 Å². The molecule has 3 nitrogen and oxygen atoms in total. The third kappa shape index (κ3) is 5.25. The Morgan fingerprint density at radius 1 is 1.11 bits per heavy atom. The Morgan fingerprint density at radius 3 is 2.05 bits per heavy atom. The first-order chi connectivity index (χ1) is 8.69. The summed E-state index contributed by atoms with van der Waals surface area (Å²) in [7, 11) is 0. The largest absolute Gasteiger partial charge is 0.326 e. The molecule has 0 unspecified atom stereocenters. The Hall–Kier alpha value is -1.64. The van der Waals surface area contributed by atoms with Crippen LogP contribution in [-0.2, 0) is 4.79 Å². The van der Waals surface area contributed by atoms with Gasteiger partial charge >= 0.3 is 0 Å². The molecule has 19 heavy (non-hydrogen) atoms. The van der Waals surface area contributed by atoms with Crippen LogP contribution in [0.15, 0.2) is 24.3 Å². The summed E-state index contributed by atoms with van der Waals surface area (Å²) in [6, 6.07) is 7.07. The molecule has 1 amide bonds. The van der Waals surface area contributed by atoms with Crippen LogP contribution >= 0.6 is 0 Å². The molecule has 0 spiro atoms. The van der Waals surface area contributed by atoms with Crippen LogP contribution in [0.3, 0.4) is 0 Å². The van der Waals surface area contributed by atoms with Gasteiger partial charge in [0.25, 0.3) is 0 Å². The molecule has 0 aromatic heterocycles. The van der Waals surface area contributed by atoms with Crippen molar-refractivity contribution in [3.63, 3.8) is 0 Å². The van der Waals surface area contributed by atoms with E-state index in [1.54, 1.807) is 24.3 Å². The molecule has 0 aliphatic rings. The van der Waals surface area contributed by atoms with Gasteiger partial charge in [0.2, 0.25) is 5.91 Å². The average molecular weight is 261 g/mol. The zero-order chi connectivity index (χ0) is 14.6. The second kappa shape index (κ2) is 6.00. The average Bonchev–Trinajstić information content (AvgIpc) is 2.26. The number of anilines is 1. The van der Waals surface area contributed by atoms with Crippen molar-refractivity contribution >= 4 is 17.4 Å². The van der Waals surface area contributed by atoms with E-state index in [4.69, 9.17) is 0 Å². The minimum Gasteiger partial charge on any atom is -0.326 e. The van der Waals surface area contributed by atoms with Crippen molar-refractivity contribution in [3.8, 4) is 0 Å². The monoisotopic (exact) mass is 261 g/mol. The van der Waals surface area contributed by atoms with Crippen molar-refractivity contribution in [2.24, 2.45) is 11.3 Å². The molecule has 1 N–H and O–H groups in total. The van der Waals surface area contributed by atoms with Crippen LogP contribution in [0.1, 0.15) is 51.4 Å². The van der Waals surface area contributed by atoms with Gasteiger partial charge in [0.15, 0.2) is 5.78 Å². The van der Waals surface area contributed by atoms with Crippen molar-refractivity contribution < 1.29 is 9.59 Å². The predicted molar refractivity (Wildman–Crippen MR) is 78.3 cm³/mol. The van der Waals surface area contributed by atoms with Gasteiger partial charge in [0.05, 0.1) is 0 Å². The summed E-state index contributed by atoms with van der Waals surface area (Å²) in [5, 5.41) is 2.84. The van der Waals surface area contributed by atoms with Gasteiger partial charge in [-0.25, -0.2) is 0 Å². The number of Topliss-reactive ketones (excluding diaryl/α,β-unsaturated/α-hetero) is 1. The summed E-state index contributed by atoms with van der Waals surface area (Å²) in [6.07, 6.45) is 0.472. The molecular formula is C16H23NO2. The van der Waals surface area contributed by atoms with Crippen LogP contribution in [0.4, 0.5) is 5.69 Å². The maximum Gasteiger partial charge on any atom is 0.224 e. The summed E-state index contributed by atoms with van der Waals surface area (Å²) in [5.41, 5.74) is 1.39. The number of rotatable bonds is 4. The van der Waals surface area contributed by atoms with Crippen molar-refractivity contribution in [3.05, 3.63) is 29.8 Å². The lowest BCUT2D eigenvalue weighted by molar-refractivity contribution is -0.117. The lowest BCUT2D eigenvalue weighted by Gasteiger charge is -2.17. The zero-order valence-electron chi connectivity index (χ0n) is 12.4. The molecule has 0 aliphatic carbocycles. The molecule has 0 atom stereocenters. The molecule has 104 valence electrons. The maximum atomic E-state index is 11.8. The SMILES string of the molecule is CC(C)C(=O)c1ccc(NC(=O)CC(C)(C)C)cc1. The van der Waals surface area contributed by atoms with Gasteiger partial charge in [0, 0.05) is 23.6 Å². The highest BCUT2D eigenvalue weighted by atomic mass is 16.1. The minimum absolute atomic E-state index is 0.00423. The van der Waals surface area contributed by atoms with Crippen LogP contribution < -0.4 is 5.32 Å². The van der Waals surface area contributed by atoms with E-state index in [1.165, 1.54) is 0 Å². The molecule has 0 saturated heterocycles. The molecule has 0 heterocycles. The second-order valence-electron chi connectivity index (χ2n) is 6.38. The normalized spacial score (nSPS) is 11.5. The molecular weight excluding hydrogens is 238 g/mol. The van der Waals surface area contributed by atoms with Crippen LogP contribution in [0, 0.1) is 11.3 Å². The molecule has 1 aromatic carbocycles. The Kier molecular flexibility index (Phi) is 4.87. The lowest BCUT2D eigenvalue weighted by Crippen LogP contribution is -2.19. The fourth-order valence-electron chi connectivity index (χ4n) is 1.74. The van der Waals surface area contributed by atoms with Crippen molar-refractivity contribution in [1.29, 1.82) is 0 Å². The number of hydrogen-bond donors (Lipinski definition) is 1. The summed E-state index contributed by atoms with van der Waals surface area (Å²) >= 11 is 0. The number of ketones is 1. The van der Waals surface area contributed by atoms with Gasteiger partial charge in [-0.05, 0) is 29.7 Å². The number of carbonyl (C=O) groups is 2. The van der Waals surface area contributed by atoms with Gasteiger partial charge in [-0.2, -0.15) is 0 Å². The summed E-state index contributed by atoms with van der Waals surface area (Å²) in [5.74, 6) is 0.101. The highest BCUT2D eigenvalue weighted by Crippen LogP contribution is 2.20. The van der Waals surface area contributed by atoms with Crippen molar-refractivity contribution in [1.82, 2.24) is 0 Å². The van der Waals surface area contributed by atoms with Crippen LogP contribution in [0.2, 0.25) is 0 Å². The van der Waals surface area contributed by atoms with E-state index in [2.05, 4.69) is 5.32 Å². The minimum atomic E-state index is -0.0301.